The summed E-state index contributed by atoms with van der Waals surface area (Å²) < 4.78 is 2.31. The fourth-order valence-corrected chi connectivity index (χ4v) is 5.76. The van der Waals surface area contributed by atoms with E-state index in [1.807, 2.05) is 24.3 Å². The third kappa shape index (κ3) is 5.21. The molecule has 0 aliphatic heterocycles. The van der Waals surface area contributed by atoms with Crippen LogP contribution in [0, 0.1) is 0 Å². The van der Waals surface area contributed by atoms with Crippen LogP contribution in [0.15, 0.2) is 45.1 Å². The smallest absolute Gasteiger partial charge is 0.183 e. The highest BCUT2D eigenvalue weighted by Crippen LogP contribution is 2.32. The predicted molar refractivity (Wildman–Crippen MR) is 105 cm³/mol. The van der Waals surface area contributed by atoms with Crippen LogP contribution < -0.4 is 0 Å². The van der Waals surface area contributed by atoms with Gasteiger partial charge in [0.15, 0.2) is 14.5 Å². The largest absolute Gasteiger partial charge is 0.292 e. The van der Waals surface area contributed by atoms with Crippen LogP contribution in [0.5, 0.6) is 0 Å². The van der Waals surface area contributed by atoms with Crippen LogP contribution in [0.4, 0.5) is 0 Å². The molecule has 124 valence electrons. The van der Waals surface area contributed by atoms with E-state index in [0.29, 0.717) is 15.0 Å². The van der Waals surface area contributed by atoms with Crippen molar-refractivity contribution in [2.75, 3.05) is 5.75 Å². The van der Waals surface area contributed by atoms with Crippen molar-refractivity contribution in [3.05, 3.63) is 56.2 Å². The number of carbonyl (C=O) groups excluding carboxylic acids is 1. The minimum atomic E-state index is 0.0578. The van der Waals surface area contributed by atoms with Crippen molar-refractivity contribution in [2.45, 2.75) is 14.4 Å². The monoisotopic (exact) mass is 432 g/mol. The molecule has 0 saturated carbocycles. The Labute approximate surface area is 165 Å². The van der Waals surface area contributed by atoms with E-state index >= 15 is 0 Å². The Bertz CT molecular complexity index is 832. The fraction of sp³-hybridized carbons (Fsp3) is 0.133. The molecular formula is C15H10Cl2N2OS4. The molecule has 0 radical (unpaired) electrons. The zero-order chi connectivity index (χ0) is 16.9. The minimum Gasteiger partial charge on any atom is -0.292 e. The highest BCUT2D eigenvalue weighted by molar-refractivity contribution is 8.03. The highest BCUT2D eigenvalue weighted by atomic mass is 35.5. The van der Waals surface area contributed by atoms with E-state index < -0.39 is 0 Å². The Morgan fingerprint density at radius 1 is 0.958 bits per heavy atom. The molecule has 0 aliphatic carbocycles. The Hall–Kier alpha value is -0.570. The number of aromatic nitrogens is 2. The molecule has 3 aromatic rings. The second-order valence-corrected chi connectivity index (χ2v) is 10.1. The van der Waals surface area contributed by atoms with Crippen molar-refractivity contribution in [1.29, 1.82) is 0 Å². The summed E-state index contributed by atoms with van der Waals surface area (Å²) in [5.74, 6) is 1.21. The Kier molecular flexibility index (Phi) is 6.60. The molecular weight excluding hydrogens is 423 g/mol. The molecule has 0 bridgehead atoms. The zero-order valence-corrected chi connectivity index (χ0v) is 16.8. The van der Waals surface area contributed by atoms with Gasteiger partial charge in [-0.25, -0.2) is 0 Å². The zero-order valence-electron chi connectivity index (χ0n) is 12.1. The first kappa shape index (κ1) is 18.2. The first-order valence-electron chi connectivity index (χ1n) is 6.72. The average molecular weight is 433 g/mol. The number of halogens is 2. The molecule has 0 fully saturated rings. The number of ketones is 1. The summed E-state index contributed by atoms with van der Waals surface area (Å²) in [4.78, 5) is 12.7. The maximum atomic E-state index is 12.0. The van der Waals surface area contributed by atoms with Gasteiger partial charge in [-0.15, -0.1) is 21.5 Å². The lowest BCUT2D eigenvalue weighted by Gasteiger charge is -1.98. The van der Waals surface area contributed by atoms with E-state index in [-0.39, 0.29) is 5.78 Å². The predicted octanol–water partition coefficient (Wildman–Crippen LogP) is 6.17. The number of nitrogens with zero attached hydrogens (tertiary/aromatic N) is 2. The number of thioether (sulfide) groups is 2. The van der Waals surface area contributed by atoms with Crippen LogP contribution in [0.2, 0.25) is 9.36 Å². The number of hydrogen-bond acceptors (Lipinski definition) is 7. The van der Waals surface area contributed by atoms with Crippen LogP contribution >= 0.6 is 69.4 Å². The number of benzene rings is 1. The lowest BCUT2D eigenvalue weighted by molar-refractivity contribution is 0.102. The van der Waals surface area contributed by atoms with E-state index in [1.54, 1.807) is 23.9 Å². The summed E-state index contributed by atoms with van der Waals surface area (Å²) in [5.41, 5.74) is 1.18. The maximum absolute atomic E-state index is 12.0. The summed E-state index contributed by atoms with van der Waals surface area (Å²) in [6, 6.07) is 11.2. The summed E-state index contributed by atoms with van der Waals surface area (Å²) in [5, 5.41) is 9.02. The summed E-state index contributed by atoms with van der Waals surface area (Å²) in [6.45, 7) is 0. The fourth-order valence-electron chi connectivity index (χ4n) is 1.70. The van der Waals surface area contributed by atoms with E-state index in [4.69, 9.17) is 23.2 Å². The van der Waals surface area contributed by atoms with Gasteiger partial charge in [-0.3, -0.25) is 4.79 Å². The Balaban J connectivity index is 1.50. The number of rotatable bonds is 7. The molecule has 0 aliphatic rings. The van der Waals surface area contributed by atoms with Crippen molar-refractivity contribution in [3.8, 4) is 0 Å². The molecule has 24 heavy (non-hydrogen) atoms. The molecule has 2 heterocycles. The lowest BCUT2D eigenvalue weighted by Crippen LogP contribution is -1.98. The second kappa shape index (κ2) is 8.69. The van der Waals surface area contributed by atoms with Gasteiger partial charge in [0.1, 0.15) is 0 Å². The standard InChI is InChI=1S/C15H10Cl2N2OS4/c16-10-3-1-9(2-4-10)7-21-14-18-19-15(24-14)22-8-11(20)12-5-6-13(17)23-12/h1-6H,7-8H2. The van der Waals surface area contributed by atoms with Crippen LogP contribution in [0.25, 0.3) is 0 Å². The van der Waals surface area contributed by atoms with Gasteiger partial charge in [0.05, 0.1) is 15.0 Å². The van der Waals surface area contributed by atoms with Crippen molar-refractivity contribution in [3.63, 3.8) is 0 Å². The van der Waals surface area contributed by atoms with Gasteiger partial charge in [0.25, 0.3) is 0 Å². The van der Waals surface area contributed by atoms with Crippen LogP contribution in [0.1, 0.15) is 15.2 Å². The highest BCUT2D eigenvalue weighted by Gasteiger charge is 2.12. The van der Waals surface area contributed by atoms with Gasteiger partial charge >= 0.3 is 0 Å². The third-order valence-electron chi connectivity index (χ3n) is 2.84. The average Bonchev–Trinajstić information content (AvgIpc) is 3.21. The molecule has 9 heteroatoms. The van der Waals surface area contributed by atoms with Crippen molar-refractivity contribution < 1.29 is 4.79 Å². The van der Waals surface area contributed by atoms with Crippen LogP contribution in [-0.4, -0.2) is 21.7 Å². The molecule has 3 nitrogen and oxygen atoms in total. The Morgan fingerprint density at radius 3 is 2.33 bits per heavy atom. The van der Waals surface area contributed by atoms with Crippen LogP contribution in [-0.2, 0) is 5.75 Å². The van der Waals surface area contributed by atoms with Gasteiger partial charge < -0.3 is 0 Å². The molecule has 0 atom stereocenters. The Morgan fingerprint density at radius 2 is 1.67 bits per heavy atom. The minimum absolute atomic E-state index is 0.0578. The van der Waals surface area contributed by atoms with E-state index in [0.717, 1.165) is 19.5 Å². The molecule has 2 aromatic heterocycles. The van der Waals surface area contributed by atoms with Gasteiger partial charge in [-0.05, 0) is 29.8 Å². The first-order valence-corrected chi connectivity index (χ1v) is 11.1. The second-order valence-electron chi connectivity index (χ2n) is 4.56. The molecule has 1 aromatic carbocycles. The maximum Gasteiger partial charge on any atom is 0.183 e. The summed E-state index contributed by atoms with van der Waals surface area (Å²) >= 11 is 17.5. The number of hydrogen-bond donors (Lipinski definition) is 0. The summed E-state index contributed by atoms with van der Waals surface area (Å²) in [7, 11) is 0. The molecule has 3 rings (SSSR count). The molecule has 0 saturated heterocycles. The molecule has 0 spiro atoms. The SMILES string of the molecule is O=C(CSc1nnc(SCc2ccc(Cl)cc2)s1)c1ccc(Cl)s1. The number of thiophene rings is 1. The topological polar surface area (TPSA) is 42.9 Å². The van der Waals surface area contributed by atoms with Crippen molar-refractivity contribution in [2.24, 2.45) is 0 Å². The lowest BCUT2D eigenvalue weighted by atomic mass is 10.2. The normalized spacial score (nSPS) is 10.9. The van der Waals surface area contributed by atoms with Crippen molar-refractivity contribution in [1.82, 2.24) is 10.2 Å². The number of carbonyl (C=O) groups is 1. The first-order chi connectivity index (χ1) is 11.6. The van der Waals surface area contributed by atoms with Crippen LogP contribution in [0.3, 0.4) is 0 Å². The quantitative estimate of drug-likeness (QED) is 0.329. The third-order valence-corrected chi connectivity index (χ3v) is 7.62. The van der Waals surface area contributed by atoms with E-state index in [2.05, 4.69) is 10.2 Å². The van der Waals surface area contributed by atoms with Gasteiger partial charge in [-0.2, -0.15) is 0 Å². The van der Waals surface area contributed by atoms with E-state index in [1.165, 1.54) is 40.0 Å². The van der Waals surface area contributed by atoms with Gasteiger partial charge in [0, 0.05) is 10.8 Å². The van der Waals surface area contributed by atoms with Gasteiger partial charge in [0.2, 0.25) is 0 Å². The number of Topliss-reactive ketones (excluding diaryl/α,β-unsaturated/α-hetero) is 1. The molecule has 0 N–H and O–H groups in total. The molecule has 0 amide bonds. The molecule has 0 unspecified atom stereocenters. The van der Waals surface area contributed by atoms with Gasteiger partial charge in [-0.1, -0.05) is 70.2 Å². The summed E-state index contributed by atoms with van der Waals surface area (Å²) in [6.07, 6.45) is 0. The van der Waals surface area contributed by atoms with Crippen molar-refractivity contribution >= 4 is 75.2 Å². The van der Waals surface area contributed by atoms with E-state index in [9.17, 15) is 4.79 Å².